The number of hydrogen-bond donors (Lipinski definition) is 3. The van der Waals surface area contributed by atoms with Gasteiger partial charge < -0.3 is 30.0 Å². The second-order valence-electron chi connectivity index (χ2n) is 7.31. The lowest BCUT2D eigenvalue weighted by atomic mass is 10.1. The molecule has 0 saturated carbocycles. The van der Waals surface area contributed by atoms with Crippen molar-refractivity contribution in [2.45, 2.75) is 39.5 Å². The van der Waals surface area contributed by atoms with E-state index in [9.17, 15) is 5.11 Å². The third kappa shape index (κ3) is 9.27. The van der Waals surface area contributed by atoms with Crippen molar-refractivity contribution in [1.29, 1.82) is 0 Å². The maximum atomic E-state index is 10.5. The summed E-state index contributed by atoms with van der Waals surface area (Å²) in [7, 11) is 1.65. The molecule has 0 bridgehead atoms. The second kappa shape index (κ2) is 13.5. The minimum atomic E-state index is -0.652. The highest BCUT2D eigenvalue weighted by Crippen LogP contribution is 2.18. The first-order valence-electron chi connectivity index (χ1n) is 10.7. The van der Waals surface area contributed by atoms with Gasteiger partial charge in [-0.2, -0.15) is 0 Å². The number of benzene rings is 2. The Morgan fingerprint density at radius 3 is 2.26 bits per heavy atom. The fourth-order valence-electron chi connectivity index (χ4n) is 2.80. The second-order valence-corrected chi connectivity index (χ2v) is 7.31. The first kappa shape index (κ1) is 24.5. The van der Waals surface area contributed by atoms with Gasteiger partial charge in [-0.25, -0.2) is 4.99 Å². The molecule has 1 atom stereocenters. The van der Waals surface area contributed by atoms with Crippen LogP contribution in [0.15, 0.2) is 53.5 Å². The number of ether oxygens (including phenoxy) is 3. The first-order chi connectivity index (χ1) is 15.0. The fraction of sp³-hybridized carbons (Fsp3) is 0.458. The maximum Gasteiger partial charge on any atom is 0.191 e. The molecule has 2 aromatic rings. The summed E-state index contributed by atoms with van der Waals surface area (Å²) >= 11 is 0. The van der Waals surface area contributed by atoms with Crippen LogP contribution in [0.1, 0.15) is 38.0 Å². The number of nitrogens with one attached hydrogen (secondary N) is 2. The lowest BCUT2D eigenvalue weighted by Gasteiger charge is -2.16. The van der Waals surface area contributed by atoms with E-state index in [1.165, 1.54) is 0 Å². The van der Waals surface area contributed by atoms with Crippen LogP contribution in [0.3, 0.4) is 0 Å². The van der Waals surface area contributed by atoms with Gasteiger partial charge in [0.1, 0.15) is 18.1 Å². The van der Waals surface area contributed by atoms with Gasteiger partial charge in [0.2, 0.25) is 0 Å². The van der Waals surface area contributed by atoms with Crippen molar-refractivity contribution >= 4 is 5.96 Å². The summed E-state index contributed by atoms with van der Waals surface area (Å²) in [6, 6.07) is 15.3. The van der Waals surface area contributed by atoms with Crippen LogP contribution in [0.5, 0.6) is 11.5 Å². The zero-order valence-corrected chi connectivity index (χ0v) is 18.9. The molecular weight excluding hydrogens is 394 g/mol. The Morgan fingerprint density at radius 1 is 0.968 bits per heavy atom. The molecule has 2 rings (SSSR count). The van der Waals surface area contributed by atoms with Crippen molar-refractivity contribution in [3.05, 3.63) is 59.7 Å². The Balaban J connectivity index is 1.87. The summed E-state index contributed by atoms with van der Waals surface area (Å²) in [6.07, 6.45) is -0.531. The number of aliphatic hydroxyl groups is 1. The largest absolute Gasteiger partial charge is 0.491 e. The maximum absolute atomic E-state index is 10.5. The highest BCUT2D eigenvalue weighted by atomic mass is 16.5. The molecule has 0 heterocycles. The summed E-state index contributed by atoms with van der Waals surface area (Å²) in [5, 5.41) is 16.9. The van der Waals surface area contributed by atoms with E-state index < -0.39 is 6.10 Å². The van der Waals surface area contributed by atoms with Crippen LogP contribution in [0, 0.1) is 0 Å². The Bertz CT molecular complexity index is 776. The lowest BCUT2D eigenvalue weighted by molar-refractivity contribution is 0.146. The van der Waals surface area contributed by atoms with Gasteiger partial charge in [-0.3, -0.25) is 0 Å². The normalized spacial score (nSPS) is 12.5. The third-order valence-electron chi connectivity index (χ3n) is 4.34. The van der Waals surface area contributed by atoms with Gasteiger partial charge in [0.15, 0.2) is 5.96 Å². The number of rotatable bonds is 12. The Kier molecular flexibility index (Phi) is 10.7. The molecule has 0 radical (unpaired) electrons. The molecule has 170 valence electrons. The molecule has 3 N–H and O–H groups in total. The van der Waals surface area contributed by atoms with Crippen molar-refractivity contribution in [1.82, 2.24) is 10.6 Å². The predicted molar refractivity (Wildman–Crippen MR) is 124 cm³/mol. The molecule has 7 nitrogen and oxygen atoms in total. The van der Waals surface area contributed by atoms with E-state index in [1.807, 2.05) is 69.3 Å². The highest BCUT2D eigenvalue weighted by molar-refractivity contribution is 5.79. The molecule has 0 amide bonds. The fourth-order valence-corrected chi connectivity index (χ4v) is 2.80. The lowest BCUT2D eigenvalue weighted by Crippen LogP contribution is -2.39. The molecule has 1 unspecified atom stereocenters. The van der Waals surface area contributed by atoms with E-state index in [0.717, 1.165) is 29.2 Å². The minimum absolute atomic E-state index is 0.121. The van der Waals surface area contributed by atoms with Gasteiger partial charge in [-0.1, -0.05) is 24.3 Å². The highest BCUT2D eigenvalue weighted by Gasteiger charge is 2.09. The predicted octanol–water partition coefficient (Wildman–Crippen LogP) is 3.29. The van der Waals surface area contributed by atoms with Crippen molar-refractivity contribution in [2.24, 2.45) is 4.99 Å². The number of nitrogens with zero attached hydrogens (tertiary/aromatic N) is 1. The van der Waals surface area contributed by atoms with Crippen LogP contribution < -0.4 is 20.1 Å². The van der Waals surface area contributed by atoms with E-state index in [4.69, 9.17) is 14.2 Å². The van der Waals surface area contributed by atoms with Gasteiger partial charge >= 0.3 is 0 Å². The van der Waals surface area contributed by atoms with Crippen LogP contribution in [-0.2, 0) is 11.3 Å². The van der Waals surface area contributed by atoms with Crippen LogP contribution in [0.2, 0.25) is 0 Å². The van der Waals surface area contributed by atoms with E-state index in [0.29, 0.717) is 32.3 Å². The molecular formula is C24H35N3O4. The number of hydrogen-bond acceptors (Lipinski definition) is 5. The van der Waals surface area contributed by atoms with Gasteiger partial charge in [-0.05, 0) is 56.2 Å². The number of methoxy groups -OCH3 is 1. The third-order valence-corrected chi connectivity index (χ3v) is 4.34. The van der Waals surface area contributed by atoms with E-state index in [-0.39, 0.29) is 6.10 Å². The Hall–Kier alpha value is -2.77. The minimum Gasteiger partial charge on any atom is -0.491 e. The van der Waals surface area contributed by atoms with Crippen LogP contribution >= 0.6 is 0 Å². The molecule has 0 aromatic heterocycles. The summed E-state index contributed by atoms with van der Waals surface area (Å²) in [5.41, 5.74) is 1.89. The molecule has 0 aliphatic carbocycles. The Labute approximate surface area is 185 Å². The number of aliphatic imine (C=N–C) groups is 1. The molecule has 31 heavy (non-hydrogen) atoms. The standard InChI is InChI=1S/C24H35N3O4/c1-5-25-24(26-16-19-6-10-21(11-7-19)30-15-14-29-4)27-17-23(28)20-8-12-22(13-9-20)31-18(2)3/h6-13,18,23,28H,5,14-17H2,1-4H3,(H2,25,26,27). The van der Waals surface area contributed by atoms with Crippen LogP contribution in [0.25, 0.3) is 0 Å². The van der Waals surface area contributed by atoms with Crippen LogP contribution in [-0.4, -0.2) is 50.6 Å². The van der Waals surface area contributed by atoms with Crippen molar-refractivity contribution in [2.75, 3.05) is 33.4 Å². The van der Waals surface area contributed by atoms with E-state index in [2.05, 4.69) is 15.6 Å². The summed E-state index contributed by atoms with van der Waals surface area (Å²) in [4.78, 5) is 4.60. The van der Waals surface area contributed by atoms with Crippen molar-refractivity contribution in [3.63, 3.8) is 0 Å². The average Bonchev–Trinajstić information content (AvgIpc) is 2.76. The molecule has 7 heteroatoms. The van der Waals surface area contributed by atoms with Crippen molar-refractivity contribution in [3.8, 4) is 11.5 Å². The van der Waals surface area contributed by atoms with Gasteiger partial charge in [-0.15, -0.1) is 0 Å². The molecule has 0 fully saturated rings. The molecule has 0 aliphatic heterocycles. The van der Waals surface area contributed by atoms with Crippen molar-refractivity contribution < 1.29 is 19.3 Å². The zero-order chi connectivity index (χ0) is 22.5. The quantitative estimate of drug-likeness (QED) is 0.273. The van der Waals surface area contributed by atoms with Gasteiger partial charge in [0, 0.05) is 20.2 Å². The number of guanidine groups is 1. The molecule has 2 aromatic carbocycles. The monoisotopic (exact) mass is 429 g/mol. The van der Waals surface area contributed by atoms with E-state index >= 15 is 0 Å². The van der Waals surface area contributed by atoms with Crippen LogP contribution in [0.4, 0.5) is 0 Å². The molecule has 0 saturated heterocycles. The molecule has 0 aliphatic rings. The smallest absolute Gasteiger partial charge is 0.191 e. The topological polar surface area (TPSA) is 84.3 Å². The zero-order valence-electron chi connectivity index (χ0n) is 18.9. The summed E-state index contributed by atoms with van der Waals surface area (Å²) in [5.74, 6) is 2.26. The van der Waals surface area contributed by atoms with E-state index in [1.54, 1.807) is 7.11 Å². The number of aliphatic hydroxyl groups excluding tert-OH is 1. The molecule has 0 spiro atoms. The summed E-state index contributed by atoms with van der Waals surface area (Å²) in [6.45, 7) is 8.67. The first-order valence-corrected chi connectivity index (χ1v) is 10.7. The Morgan fingerprint density at radius 2 is 1.65 bits per heavy atom. The SMILES string of the molecule is CCNC(=NCc1ccc(OCCOC)cc1)NCC(O)c1ccc(OC(C)C)cc1. The summed E-state index contributed by atoms with van der Waals surface area (Å²) < 4.78 is 16.2. The van der Waals surface area contributed by atoms with Gasteiger partial charge in [0.25, 0.3) is 0 Å². The average molecular weight is 430 g/mol. The van der Waals surface area contributed by atoms with Gasteiger partial charge in [0.05, 0.1) is 25.4 Å².